The Morgan fingerprint density at radius 2 is 1.84 bits per heavy atom. The highest BCUT2D eigenvalue weighted by molar-refractivity contribution is 9.10. The number of aromatic hydroxyl groups is 1. The first-order chi connectivity index (χ1) is 24.2. The van der Waals surface area contributed by atoms with Gasteiger partial charge in [-0.1, -0.05) is 39.2 Å². The van der Waals surface area contributed by atoms with Crippen LogP contribution in [0.3, 0.4) is 0 Å². The van der Waals surface area contributed by atoms with Crippen molar-refractivity contribution in [2.24, 2.45) is 36.1 Å². The van der Waals surface area contributed by atoms with Gasteiger partial charge in [0.2, 0.25) is 23.6 Å². The number of phenols is 1. The smallest absolute Gasteiger partial charge is 0.305 e. The number of aromatic nitrogens is 2. The molecule has 6 unspecified atom stereocenters. The first-order valence-corrected chi connectivity index (χ1v) is 18.6. The summed E-state index contributed by atoms with van der Waals surface area (Å²) in [6.07, 6.45) is 1.86. The Kier molecular flexibility index (Phi) is 7.86. The van der Waals surface area contributed by atoms with E-state index < -0.39 is 64.6 Å². The molecule has 4 aliphatic rings. The molecule has 4 amide bonds. The monoisotopic (exact) mass is 790 g/mol. The maximum absolute atomic E-state index is 15.0. The Morgan fingerprint density at radius 3 is 2.59 bits per heavy atom. The zero-order valence-corrected chi connectivity index (χ0v) is 30.9. The van der Waals surface area contributed by atoms with E-state index in [0.29, 0.717) is 26.6 Å². The lowest BCUT2D eigenvalue weighted by atomic mass is 9.51. The number of carboxylic acids is 1. The number of nitrogens with zero attached hydrogens (tertiary/aromatic N) is 4. The zero-order chi connectivity index (χ0) is 36.3. The van der Waals surface area contributed by atoms with E-state index >= 15 is 0 Å². The molecule has 0 radical (unpaired) electrons. The summed E-state index contributed by atoms with van der Waals surface area (Å²) in [7, 11) is 1.68. The number of carbonyl (C=O) groups is 5. The van der Waals surface area contributed by atoms with Crippen LogP contribution in [0.5, 0.6) is 5.75 Å². The van der Waals surface area contributed by atoms with Gasteiger partial charge in [0, 0.05) is 45.3 Å². The maximum atomic E-state index is 15.0. The molecule has 0 bridgehead atoms. The lowest BCUT2D eigenvalue weighted by molar-refractivity contribution is -0.142. The van der Waals surface area contributed by atoms with E-state index in [2.05, 4.69) is 15.9 Å². The number of amides is 4. The third-order valence-corrected chi connectivity index (χ3v) is 13.5. The van der Waals surface area contributed by atoms with Gasteiger partial charge < -0.3 is 10.2 Å². The van der Waals surface area contributed by atoms with E-state index in [1.54, 1.807) is 43.5 Å². The Morgan fingerprint density at radius 1 is 1.08 bits per heavy atom. The highest BCUT2D eigenvalue weighted by atomic mass is 79.9. The number of carboxylic acid groups (broad SMARTS) is 1. The highest BCUT2D eigenvalue weighted by Gasteiger charge is 2.68. The van der Waals surface area contributed by atoms with Gasteiger partial charge in [0.15, 0.2) is 0 Å². The molecule has 2 saturated heterocycles. The molecule has 2 aliphatic carbocycles. The largest absolute Gasteiger partial charge is 0.508 e. The number of thiophene rings is 1. The number of benzene rings is 2. The summed E-state index contributed by atoms with van der Waals surface area (Å²) in [5, 5.41) is 26.9. The van der Waals surface area contributed by atoms with Gasteiger partial charge in [0.1, 0.15) is 17.3 Å². The molecule has 1 saturated carbocycles. The summed E-state index contributed by atoms with van der Waals surface area (Å²) in [6.45, 7) is 3.50. The Labute approximate surface area is 309 Å². The standard InChI is InChI=1S/C37H32BrClN4O7S/c1-16-21-13-18(39)5-9-27(21)51-32(16)25-15-28(41(3)40-25)43-34(48)24-14-22-19(6-7-20-30(22)35(49)42(33(20)47)11-10-29(45)46)31(37(24,2)36(43)50)23-12-17(38)4-8-26(23)44/h4-6,8-9,12-13,15,20,22,24,30-31,44H,7,10-11,14H2,1-3H3,(H,45,46). The minimum atomic E-state index is -1.37. The van der Waals surface area contributed by atoms with Crippen LogP contribution in [0.25, 0.3) is 20.7 Å². The van der Waals surface area contributed by atoms with Crippen LogP contribution in [0.2, 0.25) is 5.02 Å². The van der Waals surface area contributed by atoms with Crippen LogP contribution in [0.4, 0.5) is 5.82 Å². The van der Waals surface area contributed by atoms with E-state index in [0.717, 1.165) is 31.0 Å². The van der Waals surface area contributed by atoms with Gasteiger partial charge in [-0.15, -0.1) is 11.3 Å². The van der Waals surface area contributed by atoms with Crippen LogP contribution in [0.1, 0.15) is 43.2 Å². The van der Waals surface area contributed by atoms with Crippen LogP contribution in [-0.4, -0.2) is 61.0 Å². The van der Waals surface area contributed by atoms with Gasteiger partial charge in [-0.05, 0) is 80.0 Å². The number of hydrogen-bond acceptors (Lipinski definition) is 8. The molecule has 2 aliphatic heterocycles. The summed E-state index contributed by atoms with van der Waals surface area (Å²) < 4.78 is 3.21. The first-order valence-electron chi connectivity index (χ1n) is 16.6. The quantitative estimate of drug-likeness (QED) is 0.168. The predicted octanol–water partition coefficient (Wildman–Crippen LogP) is 6.44. The molecule has 4 heterocycles. The number of anilines is 1. The SMILES string of the molecule is Cc1c(-c2cc(N3C(=O)C4CC5C(=CCC6C(=O)N(CCC(=O)O)C(=O)C65)C(c5cc(Br)ccc5O)C4(C)C3=O)n(C)n2)sc2ccc(Cl)cc12. The number of fused-ring (bicyclic) bond motifs is 5. The minimum absolute atomic E-state index is 0.0642. The van der Waals surface area contributed by atoms with Crippen molar-refractivity contribution in [2.75, 3.05) is 11.4 Å². The lowest BCUT2D eigenvalue weighted by Gasteiger charge is -2.49. The first kappa shape index (κ1) is 33.8. The molecular weight excluding hydrogens is 760 g/mol. The second-order valence-corrected chi connectivity index (χ2v) is 16.4. The maximum Gasteiger partial charge on any atom is 0.305 e. The number of aliphatic carboxylic acids is 1. The van der Waals surface area contributed by atoms with Crippen LogP contribution in [0.15, 0.2) is 58.6 Å². The van der Waals surface area contributed by atoms with Crippen LogP contribution in [0, 0.1) is 36.0 Å². The van der Waals surface area contributed by atoms with Crippen molar-refractivity contribution in [3.63, 3.8) is 0 Å². The molecule has 262 valence electrons. The van der Waals surface area contributed by atoms with Crippen molar-refractivity contribution in [3.8, 4) is 16.3 Å². The number of aryl methyl sites for hydroxylation is 2. The van der Waals surface area contributed by atoms with Gasteiger partial charge in [-0.25, -0.2) is 4.90 Å². The Balaban J connectivity index is 1.24. The molecule has 2 N–H and O–H groups in total. The van der Waals surface area contributed by atoms with Crippen LogP contribution >= 0.6 is 38.9 Å². The normalized spacial score (nSPS) is 27.2. The fourth-order valence-electron chi connectivity index (χ4n) is 9.04. The number of halogens is 2. The molecule has 2 aromatic carbocycles. The van der Waals surface area contributed by atoms with Crippen molar-refractivity contribution in [1.82, 2.24) is 14.7 Å². The fraction of sp³-hybridized carbons (Fsp3) is 0.351. The number of allylic oxidation sites excluding steroid dienone is 2. The van der Waals surface area contributed by atoms with E-state index in [1.807, 2.05) is 31.2 Å². The van der Waals surface area contributed by atoms with Gasteiger partial charge in [0.25, 0.3) is 0 Å². The van der Waals surface area contributed by atoms with Crippen LogP contribution in [-0.2, 0) is 31.0 Å². The summed E-state index contributed by atoms with van der Waals surface area (Å²) in [6, 6.07) is 12.4. The summed E-state index contributed by atoms with van der Waals surface area (Å²) in [5.74, 6) is -6.51. The second-order valence-electron chi connectivity index (χ2n) is 14.0. The molecule has 0 spiro atoms. The van der Waals surface area contributed by atoms with Gasteiger partial charge in [-0.3, -0.25) is 33.6 Å². The van der Waals surface area contributed by atoms with Crippen molar-refractivity contribution in [2.45, 2.75) is 39.0 Å². The second kappa shape index (κ2) is 11.9. The Bertz CT molecular complexity index is 2280. The number of phenolic OH excluding ortho intramolecular Hbond substituents is 1. The van der Waals surface area contributed by atoms with Crippen molar-refractivity contribution in [3.05, 3.63) is 74.7 Å². The molecule has 2 aromatic heterocycles. The third kappa shape index (κ3) is 4.87. The molecule has 14 heteroatoms. The summed E-state index contributed by atoms with van der Waals surface area (Å²) in [5.41, 5.74) is 1.36. The fourth-order valence-corrected chi connectivity index (χ4v) is 10.7. The molecule has 3 fully saturated rings. The van der Waals surface area contributed by atoms with Gasteiger partial charge in [-0.2, -0.15) is 5.10 Å². The van der Waals surface area contributed by atoms with Gasteiger partial charge in [0.05, 0.1) is 34.5 Å². The van der Waals surface area contributed by atoms with E-state index in [-0.39, 0.29) is 31.6 Å². The number of imide groups is 2. The molecule has 8 rings (SSSR count). The van der Waals surface area contributed by atoms with E-state index in [1.165, 1.54) is 15.6 Å². The molecule has 4 aromatic rings. The third-order valence-electron chi connectivity index (χ3n) is 11.4. The molecular formula is C37H32BrClN4O7S. The van der Waals surface area contributed by atoms with E-state index in [4.69, 9.17) is 16.7 Å². The van der Waals surface area contributed by atoms with Crippen molar-refractivity contribution in [1.29, 1.82) is 0 Å². The number of carbonyl (C=O) groups excluding carboxylic acids is 4. The molecule has 11 nitrogen and oxygen atoms in total. The Hall–Kier alpha value is -4.33. The average Bonchev–Trinajstić information content (AvgIpc) is 3.75. The lowest BCUT2D eigenvalue weighted by Crippen LogP contribution is -2.49. The van der Waals surface area contributed by atoms with Gasteiger partial charge >= 0.3 is 5.97 Å². The summed E-state index contributed by atoms with van der Waals surface area (Å²) in [4.78, 5) is 71.5. The average molecular weight is 792 g/mol. The topological polar surface area (TPSA) is 150 Å². The molecule has 6 atom stereocenters. The van der Waals surface area contributed by atoms with Crippen LogP contribution < -0.4 is 4.90 Å². The summed E-state index contributed by atoms with van der Waals surface area (Å²) >= 11 is 11.3. The number of hydrogen-bond donors (Lipinski definition) is 2. The highest BCUT2D eigenvalue weighted by Crippen LogP contribution is 2.64. The minimum Gasteiger partial charge on any atom is -0.508 e. The zero-order valence-electron chi connectivity index (χ0n) is 27.7. The number of likely N-dealkylation sites (tertiary alicyclic amines) is 1. The van der Waals surface area contributed by atoms with Crippen molar-refractivity contribution < 1.29 is 34.2 Å². The van der Waals surface area contributed by atoms with E-state index in [9.17, 15) is 34.2 Å². The van der Waals surface area contributed by atoms with Crippen molar-refractivity contribution >= 4 is 84.4 Å². The predicted molar refractivity (Wildman–Crippen MR) is 193 cm³/mol. The molecule has 51 heavy (non-hydrogen) atoms. The number of rotatable bonds is 6.